The van der Waals surface area contributed by atoms with E-state index in [1.165, 1.54) is 0 Å². The number of imidazole rings is 1. The maximum absolute atomic E-state index is 12.2. The van der Waals surface area contributed by atoms with Crippen molar-refractivity contribution in [3.05, 3.63) is 60.0 Å². The summed E-state index contributed by atoms with van der Waals surface area (Å²) >= 11 is 6.45. The normalized spacial score (nSPS) is 14.7. The third kappa shape index (κ3) is 4.65. The summed E-state index contributed by atoms with van der Waals surface area (Å²) in [6.07, 6.45) is 5.22. The Balaban J connectivity index is 1.35. The third-order valence-electron chi connectivity index (χ3n) is 6.18. The van der Waals surface area contributed by atoms with Gasteiger partial charge in [-0.15, -0.1) is 0 Å². The molecule has 186 valence electrons. The molecule has 1 amide bonds. The van der Waals surface area contributed by atoms with Gasteiger partial charge in [-0.1, -0.05) is 17.7 Å². The molecule has 4 heterocycles. The highest BCUT2D eigenvalue weighted by molar-refractivity contribution is 6.32. The van der Waals surface area contributed by atoms with E-state index in [0.717, 1.165) is 35.8 Å². The summed E-state index contributed by atoms with van der Waals surface area (Å²) in [6.45, 7) is 4.42. The van der Waals surface area contributed by atoms with Crippen LogP contribution in [0.4, 0.5) is 17.3 Å². The summed E-state index contributed by atoms with van der Waals surface area (Å²) in [4.78, 5) is 29.6. The van der Waals surface area contributed by atoms with Crippen molar-refractivity contribution in [1.29, 1.82) is 0 Å². The molecule has 3 aromatic heterocycles. The lowest BCUT2D eigenvalue weighted by Gasteiger charge is -2.37. The molecule has 36 heavy (non-hydrogen) atoms. The number of halogens is 1. The lowest BCUT2D eigenvalue weighted by Crippen LogP contribution is -2.52. The van der Waals surface area contributed by atoms with Crippen LogP contribution in [0.25, 0.3) is 17.0 Å². The monoisotopic (exact) mass is 506 g/mol. The fourth-order valence-corrected chi connectivity index (χ4v) is 4.48. The number of carbonyl (C=O) groups is 1. The zero-order valence-electron chi connectivity index (χ0n) is 20.1. The van der Waals surface area contributed by atoms with Crippen LogP contribution in [-0.2, 0) is 4.79 Å². The Kier molecular flexibility index (Phi) is 6.62. The van der Waals surface area contributed by atoms with Crippen LogP contribution >= 0.6 is 11.6 Å². The number of hydrogen-bond acceptors (Lipinski definition) is 8. The molecule has 0 bridgehead atoms. The van der Waals surface area contributed by atoms with E-state index in [1.54, 1.807) is 26.4 Å². The van der Waals surface area contributed by atoms with Crippen molar-refractivity contribution in [2.45, 2.75) is 13.0 Å². The SMILES string of the molecule is COc1cc(N2CCN(C(=O)[C@H](C)N)CC2)ccc1Nc1ncc(Cl)c(-c2cnc3ccccn23)n1. The van der Waals surface area contributed by atoms with E-state index in [1.807, 2.05) is 51.9 Å². The van der Waals surface area contributed by atoms with Crippen LogP contribution in [0.1, 0.15) is 6.92 Å². The van der Waals surface area contributed by atoms with Crippen LogP contribution < -0.4 is 20.7 Å². The highest BCUT2D eigenvalue weighted by atomic mass is 35.5. The predicted octanol–water partition coefficient (Wildman–Crippen LogP) is 3.19. The summed E-state index contributed by atoms with van der Waals surface area (Å²) in [7, 11) is 1.62. The van der Waals surface area contributed by atoms with Crippen LogP contribution in [0, 0.1) is 0 Å². The molecule has 1 aromatic carbocycles. The number of nitrogens with two attached hydrogens (primary N) is 1. The highest BCUT2D eigenvalue weighted by Gasteiger charge is 2.24. The fraction of sp³-hybridized carbons (Fsp3) is 0.280. The first-order valence-corrected chi connectivity index (χ1v) is 12.0. The summed E-state index contributed by atoms with van der Waals surface area (Å²) in [5.74, 6) is 1.02. The Morgan fingerprint density at radius 3 is 2.69 bits per heavy atom. The van der Waals surface area contributed by atoms with Gasteiger partial charge in [-0.25, -0.2) is 15.0 Å². The van der Waals surface area contributed by atoms with Gasteiger partial charge in [0.25, 0.3) is 0 Å². The standard InChI is InChI=1S/C25H27ClN8O2/c1-16(27)24(35)33-11-9-32(10-12-33)17-6-7-19(21(13-17)36-2)30-25-29-14-18(26)23(31-25)20-15-28-22-5-3-4-8-34(20)22/h3-8,13-16H,9-12,27H2,1-2H3,(H,29,30,31)/t16-/m0/s1. The van der Waals surface area contributed by atoms with E-state index >= 15 is 0 Å². The number of carbonyl (C=O) groups excluding carboxylic acids is 1. The van der Waals surface area contributed by atoms with Crippen molar-refractivity contribution in [3.8, 4) is 17.1 Å². The maximum atomic E-state index is 12.2. The maximum Gasteiger partial charge on any atom is 0.239 e. The highest BCUT2D eigenvalue weighted by Crippen LogP contribution is 2.33. The second-order valence-corrected chi connectivity index (χ2v) is 8.98. The number of rotatable bonds is 6. The zero-order chi connectivity index (χ0) is 25.2. The number of nitrogens with zero attached hydrogens (tertiary/aromatic N) is 6. The first kappa shape index (κ1) is 23.8. The molecule has 1 aliphatic heterocycles. The van der Waals surface area contributed by atoms with E-state index < -0.39 is 6.04 Å². The van der Waals surface area contributed by atoms with Gasteiger partial charge in [0.15, 0.2) is 0 Å². The van der Waals surface area contributed by atoms with E-state index in [4.69, 9.17) is 22.1 Å². The molecule has 5 rings (SSSR count). The lowest BCUT2D eigenvalue weighted by molar-refractivity contribution is -0.132. The van der Waals surface area contributed by atoms with Gasteiger partial charge in [0.1, 0.15) is 17.1 Å². The van der Waals surface area contributed by atoms with Crippen LogP contribution in [0.2, 0.25) is 5.02 Å². The molecule has 1 saturated heterocycles. The molecular weight excluding hydrogens is 480 g/mol. The number of benzene rings is 1. The number of fused-ring (bicyclic) bond motifs is 1. The average Bonchev–Trinajstić information content (AvgIpc) is 3.33. The molecule has 1 fully saturated rings. The van der Waals surface area contributed by atoms with E-state index in [-0.39, 0.29) is 5.91 Å². The number of anilines is 3. The molecule has 0 aliphatic carbocycles. The first-order chi connectivity index (χ1) is 17.4. The number of piperazine rings is 1. The van der Waals surface area contributed by atoms with E-state index in [9.17, 15) is 4.79 Å². The summed E-state index contributed by atoms with van der Waals surface area (Å²) in [5, 5.41) is 3.67. The molecule has 1 aliphatic rings. The smallest absolute Gasteiger partial charge is 0.239 e. The van der Waals surface area contributed by atoms with Gasteiger partial charge < -0.3 is 25.6 Å². The quantitative estimate of drug-likeness (QED) is 0.410. The Morgan fingerprint density at radius 2 is 1.94 bits per heavy atom. The third-order valence-corrected chi connectivity index (χ3v) is 6.46. The largest absolute Gasteiger partial charge is 0.494 e. The van der Waals surface area contributed by atoms with E-state index in [0.29, 0.717) is 35.5 Å². The lowest BCUT2D eigenvalue weighted by atomic mass is 10.2. The van der Waals surface area contributed by atoms with Gasteiger partial charge in [-0.05, 0) is 31.2 Å². The van der Waals surface area contributed by atoms with E-state index in [2.05, 4.69) is 25.2 Å². The van der Waals surface area contributed by atoms with Crippen LogP contribution in [0.3, 0.4) is 0 Å². The molecule has 0 spiro atoms. The van der Waals surface area contributed by atoms with Crippen molar-refractivity contribution in [3.63, 3.8) is 0 Å². The Hall–Kier alpha value is -3.89. The molecule has 10 nitrogen and oxygen atoms in total. The molecule has 1 atom stereocenters. The summed E-state index contributed by atoms with van der Waals surface area (Å²) in [5.41, 5.74) is 9.62. The number of amides is 1. The summed E-state index contributed by atoms with van der Waals surface area (Å²) in [6, 6.07) is 11.2. The molecule has 0 radical (unpaired) electrons. The number of ether oxygens (including phenoxy) is 1. The van der Waals surface area contributed by atoms with Gasteiger partial charge >= 0.3 is 0 Å². The minimum absolute atomic E-state index is 0.0157. The topological polar surface area (TPSA) is 114 Å². The number of nitrogens with one attached hydrogen (secondary N) is 1. The van der Waals surface area contributed by atoms with Crippen molar-refractivity contribution in [2.75, 3.05) is 43.5 Å². The van der Waals surface area contributed by atoms with Crippen molar-refractivity contribution in [2.24, 2.45) is 5.73 Å². The number of aromatic nitrogens is 4. The Morgan fingerprint density at radius 1 is 1.14 bits per heavy atom. The molecule has 0 saturated carbocycles. The first-order valence-electron chi connectivity index (χ1n) is 11.6. The zero-order valence-corrected chi connectivity index (χ0v) is 20.8. The predicted molar refractivity (Wildman–Crippen MR) is 140 cm³/mol. The van der Waals surface area contributed by atoms with Crippen LogP contribution in [0.5, 0.6) is 5.75 Å². The van der Waals surface area contributed by atoms with Crippen molar-refractivity contribution < 1.29 is 9.53 Å². The van der Waals surface area contributed by atoms with Gasteiger partial charge in [0.05, 0.1) is 41.9 Å². The molecule has 0 unspecified atom stereocenters. The molecule has 3 N–H and O–H groups in total. The second-order valence-electron chi connectivity index (χ2n) is 8.57. The van der Waals surface area contributed by atoms with Crippen LogP contribution in [0.15, 0.2) is 55.0 Å². The summed E-state index contributed by atoms with van der Waals surface area (Å²) < 4.78 is 7.58. The Bertz CT molecular complexity index is 1400. The number of pyridine rings is 1. The van der Waals surface area contributed by atoms with Crippen LogP contribution in [-0.4, -0.2) is 69.5 Å². The average molecular weight is 507 g/mol. The van der Waals surface area contributed by atoms with Crippen molar-refractivity contribution in [1.82, 2.24) is 24.3 Å². The molecule has 4 aromatic rings. The Labute approximate surface area is 213 Å². The second kappa shape index (κ2) is 10.00. The van der Waals surface area contributed by atoms with Gasteiger partial charge in [-0.3, -0.25) is 9.20 Å². The molecule has 11 heteroatoms. The van der Waals surface area contributed by atoms with Gasteiger partial charge in [0, 0.05) is 44.1 Å². The van der Waals surface area contributed by atoms with Gasteiger partial charge in [0.2, 0.25) is 11.9 Å². The minimum Gasteiger partial charge on any atom is -0.494 e. The van der Waals surface area contributed by atoms with Crippen molar-refractivity contribution >= 4 is 40.5 Å². The fourth-order valence-electron chi connectivity index (χ4n) is 4.29. The minimum atomic E-state index is -0.481. The van der Waals surface area contributed by atoms with Gasteiger partial charge in [-0.2, -0.15) is 0 Å². The number of hydrogen-bond donors (Lipinski definition) is 2. The molecular formula is C25H27ClN8O2. The number of methoxy groups -OCH3 is 1.